The van der Waals surface area contributed by atoms with E-state index < -0.39 is 0 Å². The summed E-state index contributed by atoms with van der Waals surface area (Å²) in [5.41, 5.74) is 2.74. The van der Waals surface area contributed by atoms with E-state index >= 15 is 0 Å². The Bertz CT molecular complexity index is 364. The SMILES string of the molecule is CN1CCN(CCCc2ccc(N(C)C)cc2)CC1. The standard InChI is InChI=1S/C16H27N3/c1-17(2)16-8-6-15(7-9-16)5-4-10-19-13-11-18(3)12-14-19/h6-9H,4-5,10-14H2,1-3H3. The summed E-state index contributed by atoms with van der Waals surface area (Å²) in [6.07, 6.45) is 2.46. The van der Waals surface area contributed by atoms with Crippen molar-refractivity contribution in [3.8, 4) is 0 Å². The zero-order valence-electron chi connectivity index (χ0n) is 12.6. The fourth-order valence-corrected chi connectivity index (χ4v) is 2.54. The number of piperazine rings is 1. The smallest absolute Gasteiger partial charge is 0.0361 e. The third-order valence-electron chi connectivity index (χ3n) is 3.99. The van der Waals surface area contributed by atoms with Gasteiger partial charge in [0, 0.05) is 46.0 Å². The molecule has 0 spiro atoms. The molecular formula is C16H27N3. The summed E-state index contributed by atoms with van der Waals surface area (Å²) >= 11 is 0. The number of likely N-dealkylation sites (N-methyl/N-ethyl adjacent to an activating group) is 1. The van der Waals surface area contributed by atoms with Gasteiger partial charge >= 0.3 is 0 Å². The first-order valence-electron chi connectivity index (χ1n) is 7.32. The molecule has 1 aliphatic rings. The van der Waals surface area contributed by atoms with Crippen LogP contribution in [0.25, 0.3) is 0 Å². The molecule has 1 aliphatic heterocycles. The highest BCUT2D eigenvalue weighted by Crippen LogP contribution is 2.13. The van der Waals surface area contributed by atoms with Crippen molar-refractivity contribution in [1.29, 1.82) is 0 Å². The maximum absolute atomic E-state index is 2.59. The van der Waals surface area contributed by atoms with Gasteiger partial charge in [-0.2, -0.15) is 0 Å². The molecule has 1 aromatic carbocycles. The Morgan fingerprint density at radius 3 is 2.21 bits per heavy atom. The Morgan fingerprint density at radius 1 is 1.00 bits per heavy atom. The van der Waals surface area contributed by atoms with Gasteiger partial charge in [-0.3, -0.25) is 0 Å². The molecular weight excluding hydrogens is 234 g/mol. The largest absolute Gasteiger partial charge is 0.378 e. The van der Waals surface area contributed by atoms with Crippen LogP contribution in [0.2, 0.25) is 0 Å². The molecule has 0 saturated carbocycles. The Kier molecular flexibility index (Phi) is 5.23. The highest BCUT2D eigenvalue weighted by Gasteiger charge is 2.12. The number of hydrogen-bond donors (Lipinski definition) is 0. The molecule has 0 bridgehead atoms. The molecule has 0 amide bonds. The fraction of sp³-hybridized carbons (Fsp3) is 0.625. The molecule has 1 heterocycles. The van der Waals surface area contributed by atoms with Crippen LogP contribution in [0.1, 0.15) is 12.0 Å². The van der Waals surface area contributed by atoms with Crippen molar-refractivity contribution >= 4 is 5.69 Å². The van der Waals surface area contributed by atoms with Gasteiger partial charge in [-0.1, -0.05) is 12.1 Å². The summed E-state index contributed by atoms with van der Waals surface area (Å²) < 4.78 is 0. The summed E-state index contributed by atoms with van der Waals surface area (Å²) in [7, 11) is 6.38. The Morgan fingerprint density at radius 2 is 1.63 bits per heavy atom. The Hall–Kier alpha value is -1.06. The summed E-state index contributed by atoms with van der Waals surface area (Å²) in [5, 5.41) is 0. The van der Waals surface area contributed by atoms with Gasteiger partial charge in [-0.25, -0.2) is 0 Å². The van der Waals surface area contributed by atoms with E-state index in [0.29, 0.717) is 0 Å². The van der Waals surface area contributed by atoms with E-state index in [2.05, 4.69) is 60.1 Å². The minimum atomic E-state index is 1.19. The van der Waals surface area contributed by atoms with Gasteiger partial charge < -0.3 is 14.7 Å². The molecule has 0 aliphatic carbocycles. The number of aryl methyl sites for hydroxylation is 1. The Labute approximate surface area is 117 Å². The second-order valence-electron chi connectivity index (χ2n) is 5.81. The van der Waals surface area contributed by atoms with Crippen molar-refractivity contribution in [1.82, 2.24) is 9.80 Å². The van der Waals surface area contributed by atoms with E-state index in [1.54, 1.807) is 0 Å². The fourth-order valence-electron chi connectivity index (χ4n) is 2.54. The first-order valence-corrected chi connectivity index (χ1v) is 7.32. The highest BCUT2D eigenvalue weighted by atomic mass is 15.2. The van der Waals surface area contributed by atoms with Crippen molar-refractivity contribution in [2.45, 2.75) is 12.8 Å². The van der Waals surface area contributed by atoms with Crippen LogP contribution < -0.4 is 4.90 Å². The molecule has 1 fully saturated rings. The average Bonchev–Trinajstić information content (AvgIpc) is 2.41. The normalized spacial score (nSPS) is 17.6. The average molecular weight is 261 g/mol. The molecule has 106 valence electrons. The highest BCUT2D eigenvalue weighted by molar-refractivity contribution is 5.45. The van der Waals surface area contributed by atoms with E-state index in [-0.39, 0.29) is 0 Å². The zero-order valence-corrected chi connectivity index (χ0v) is 12.6. The van der Waals surface area contributed by atoms with Crippen molar-refractivity contribution in [2.24, 2.45) is 0 Å². The van der Waals surface area contributed by atoms with E-state index in [1.165, 1.54) is 56.8 Å². The number of hydrogen-bond acceptors (Lipinski definition) is 3. The van der Waals surface area contributed by atoms with E-state index in [1.807, 2.05) is 0 Å². The lowest BCUT2D eigenvalue weighted by molar-refractivity contribution is 0.153. The van der Waals surface area contributed by atoms with Crippen LogP contribution in [0.5, 0.6) is 0 Å². The van der Waals surface area contributed by atoms with Crippen LogP contribution in [0.15, 0.2) is 24.3 Å². The Balaban J connectivity index is 1.70. The topological polar surface area (TPSA) is 9.72 Å². The van der Waals surface area contributed by atoms with Crippen LogP contribution in [0.4, 0.5) is 5.69 Å². The van der Waals surface area contributed by atoms with Gasteiger partial charge in [0.05, 0.1) is 0 Å². The first-order chi connectivity index (χ1) is 9.15. The maximum Gasteiger partial charge on any atom is 0.0361 e. The lowest BCUT2D eigenvalue weighted by atomic mass is 10.1. The molecule has 19 heavy (non-hydrogen) atoms. The quantitative estimate of drug-likeness (QED) is 0.802. The number of nitrogens with zero attached hydrogens (tertiary/aromatic N) is 3. The van der Waals surface area contributed by atoms with Crippen molar-refractivity contribution in [2.75, 3.05) is 58.8 Å². The van der Waals surface area contributed by atoms with Crippen LogP contribution in [-0.2, 0) is 6.42 Å². The molecule has 0 N–H and O–H groups in total. The monoisotopic (exact) mass is 261 g/mol. The predicted molar refractivity (Wildman–Crippen MR) is 83.0 cm³/mol. The molecule has 0 radical (unpaired) electrons. The summed E-state index contributed by atoms with van der Waals surface area (Å²) in [5.74, 6) is 0. The third-order valence-corrected chi connectivity index (χ3v) is 3.99. The van der Waals surface area contributed by atoms with Crippen molar-refractivity contribution in [3.05, 3.63) is 29.8 Å². The molecule has 1 aromatic rings. The summed E-state index contributed by atoms with van der Waals surface area (Å²) in [6, 6.07) is 8.95. The lowest BCUT2D eigenvalue weighted by Gasteiger charge is -2.32. The predicted octanol–water partition coefficient (Wildman–Crippen LogP) is 1.93. The van der Waals surface area contributed by atoms with Crippen LogP contribution in [-0.4, -0.2) is 63.7 Å². The molecule has 0 unspecified atom stereocenters. The molecule has 3 nitrogen and oxygen atoms in total. The summed E-state index contributed by atoms with van der Waals surface area (Å²) in [6.45, 7) is 6.14. The van der Waals surface area contributed by atoms with Crippen molar-refractivity contribution in [3.63, 3.8) is 0 Å². The number of rotatable bonds is 5. The summed E-state index contributed by atoms with van der Waals surface area (Å²) in [4.78, 5) is 7.15. The van der Waals surface area contributed by atoms with Gasteiger partial charge in [0.1, 0.15) is 0 Å². The lowest BCUT2D eigenvalue weighted by Crippen LogP contribution is -2.44. The second-order valence-corrected chi connectivity index (χ2v) is 5.81. The third kappa shape index (κ3) is 4.51. The first kappa shape index (κ1) is 14.4. The van der Waals surface area contributed by atoms with Crippen molar-refractivity contribution < 1.29 is 0 Å². The van der Waals surface area contributed by atoms with Crippen LogP contribution >= 0.6 is 0 Å². The van der Waals surface area contributed by atoms with Crippen LogP contribution in [0.3, 0.4) is 0 Å². The van der Waals surface area contributed by atoms with Gasteiger partial charge in [0.2, 0.25) is 0 Å². The van der Waals surface area contributed by atoms with Gasteiger partial charge in [0.25, 0.3) is 0 Å². The zero-order chi connectivity index (χ0) is 13.7. The van der Waals surface area contributed by atoms with Gasteiger partial charge in [0.15, 0.2) is 0 Å². The van der Waals surface area contributed by atoms with E-state index in [9.17, 15) is 0 Å². The number of anilines is 1. The van der Waals surface area contributed by atoms with Gasteiger partial charge in [-0.05, 0) is 44.1 Å². The van der Waals surface area contributed by atoms with Gasteiger partial charge in [-0.15, -0.1) is 0 Å². The molecule has 0 aromatic heterocycles. The molecule has 0 atom stereocenters. The number of benzene rings is 1. The minimum Gasteiger partial charge on any atom is -0.378 e. The van der Waals surface area contributed by atoms with Crippen LogP contribution in [0, 0.1) is 0 Å². The maximum atomic E-state index is 2.59. The molecule has 1 saturated heterocycles. The van der Waals surface area contributed by atoms with E-state index in [4.69, 9.17) is 0 Å². The van der Waals surface area contributed by atoms with E-state index in [0.717, 1.165) is 0 Å². The molecule has 3 heteroatoms. The second kappa shape index (κ2) is 6.92. The molecule has 2 rings (SSSR count). The minimum absolute atomic E-state index is 1.19.